The minimum Gasteiger partial charge on any atom is -0.506 e. The Morgan fingerprint density at radius 1 is 1.05 bits per heavy atom. The standard InChI is InChI=1S/C15H12N2O2/c18-14-7-2-1-5-13(14)17-15(19)11-4-3-6-12-10(11)8-9-16-12/h1-9,16,18H,(H,17,19). The molecule has 0 aliphatic rings. The fourth-order valence-electron chi connectivity index (χ4n) is 2.05. The van der Waals surface area contributed by atoms with Crippen LogP contribution in [0.15, 0.2) is 54.7 Å². The Kier molecular flexibility index (Phi) is 2.68. The van der Waals surface area contributed by atoms with Crippen molar-refractivity contribution in [2.24, 2.45) is 0 Å². The highest BCUT2D eigenvalue weighted by Crippen LogP contribution is 2.24. The van der Waals surface area contributed by atoms with Gasteiger partial charge >= 0.3 is 0 Å². The minimum atomic E-state index is -0.244. The molecular formula is C15H12N2O2. The highest BCUT2D eigenvalue weighted by molar-refractivity contribution is 6.12. The lowest BCUT2D eigenvalue weighted by molar-refractivity contribution is 0.102. The summed E-state index contributed by atoms with van der Waals surface area (Å²) in [7, 11) is 0. The molecular weight excluding hydrogens is 240 g/mol. The number of para-hydroxylation sites is 2. The lowest BCUT2D eigenvalue weighted by atomic mass is 10.1. The fourth-order valence-corrected chi connectivity index (χ4v) is 2.05. The van der Waals surface area contributed by atoms with Crippen LogP contribution in [-0.4, -0.2) is 16.0 Å². The van der Waals surface area contributed by atoms with Crippen LogP contribution < -0.4 is 5.32 Å². The molecule has 0 radical (unpaired) electrons. The Hall–Kier alpha value is -2.75. The summed E-state index contributed by atoms with van der Waals surface area (Å²) in [5.41, 5.74) is 1.88. The second-order valence-corrected chi connectivity index (χ2v) is 4.22. The summed E-state index contributed by atoms with van der Waals surface area (Å²) >= 11 is 0. The van der Waals surface area contributed by atoms with Gasteiger partial charge in [-0.2, -0.15) is 0 Å². The van der Waals surface area contributed by atoms with Crippen molar-refractivity contribution in [1.82, 2.24) is 4.98 Å². The predicted octanol–water partition coefficient (Wildman–Crippen LogP) is 3.13. The van der Waals surface area contributed by atoms with E-state index in [1.54, 1.807) is 30.5 Å². The third-order valence-electron chi connectivity index (χ3n) is 2.99. The highest BCUT2D eigenvalue weighted by atomic mass is 16.3. The molecule has 3 aromatic rings. The Morgan fingerprint density at radius 3 is 2.74 bits per heavy atom. The van der Waals surface area contributed by atoms with Gasteiger partial charge in [0.2, 0.25) is 0 Å². The smallest absolute Gasteiger partial charge is 0.256 e. The lowest BCUT2D eigenvalue weighted by Crippen LogP contribution is -2.12. The summed E-state index contributed by atoms with van der Waals surface area (Å²) in [4.78, 5) is 15.3. The van der Waals surface area contributed by atoms with Crippen molar-refractivity contribution in [2.45, 2.75) is 0 Å². The van der Waals surface area contributed by atoms with Gasteiger partial charge in [-0.15, -0.1) is 0 Å². The summed E-state index contributed by atoms with van der Waals surface area (Å²) in [6.45, 7) is 0. The number of benzene rings is 2. The van der Waals surface area contributed by atoms with Crippen LogP contribution in [0.25, 0.3) is 10.9 Å². The fraction of sp³-hybridized carbons (Fsp3) is 0. The van der Waals surface area contributed by atoms with Crippen LogP contribution in [-0.2, 0) is 0 Å². The van der Waals surface area contributed by atoms with Crippen molar-refractivity contribution >= 4 is 22.5 Å². The van der Waals surface area contributed by atoms with Gasteiger partial charge in [0, 0.05) is 22.7 Å². The van der Waals surface area contributed by atoms with E-state index in [0.29, 0.717) is 11.3 Å². The normalized spacial score (nSPS) is 10.5. The predicted molar refractivity (Wildman–Crippen MR) is 74.4 cm³/mol. The number of carbonyl (C=O) groups is 1. The molecule has 4 nitrogen and oxygen atoms in total. The first kappa shape index (κ1) is 11.3. The summed E-state index contributed by atoms with van der Waals surface area (Å²) in [5.74, 6) is -0.191. The maximum Gasteiger partial charge on any atom is 0.256 e. The topological polar surface area (TPSA) is 65.1 Å². The lowest BCUT2D eigenvalue weighted by Gasteiger charge is -2.07. The van der Waals surface area contributed by atoms with E-state index in [0.717, 1.165) is 10.9 Å². The van der Waals surface area contributed by atoms with Gasteiger partial charge in [0.15, 0.2) is 0 Å². The zero-order valence-electron chi connectivity index (χ0n) is 10.1. The van der Waals surface area contributed by atoms with Crippen molar-refractivity contribution in [3.63, 3.8) is 0 Å². The summed E-state index contributed by atoms with van der Waals surface area (Å²) < 4.78 is 0. The number of H-pyrrole nitrogens is 1. The van der Waals surface area contributed by atoms with Gasteiger partial charge in [-0.25, -0.2) is 0 Å². The molecule has 94 valence electrons. The van der Waals surface area contributed by atoms with E-state index in [2.05, 4.69) is 10.3 Å². The molecule has 3 N–H and O–H groups in total. The monoisotopic (exact) mass is 252 g/mol. The number of aromatic hydroxyl groups is 1. The van der Waals surface area contributed by atoms with E-state index < -0.39 is 0 Å². The molecule has 0 aliphatic heterocycles. The van der Waals surface area contributed by atoms with Crippen LogP contribution in [0.4, 0.5) is 5.69 Å². The Balaban J connectivity index is 1.97. The summed E-state index contributed by atoms with van der Waals surface area (Å²) in [6.07, 6.45) is 1.79. The summed E-state index contributed by atoms with van der Waals surface area (Å²) in [5, 5.41) is 13.2. The van der Waals surface area contributed by atoms with E-state index in [1.165, 1.54) is 6.07 Å². The number of phenolic OH excluding ortho intramolecular Hbond substituents is 1. The molecule has 0 saturated carbocycles. The van der Waals surface area contributed by atoms with E-state index in [1.807, 2.05) is 18.2 Å². The number of aromatic nitrogens is 1. The largest absolute Gasteiger partial charge is 0.506 e. The molecule has 1 heterocycles. The van der Waals surface area contributed by atoms with Gasteiger partial charge in [0.25, 0.3) is 5.91 Å². The maximum absolute atomic E-state index is 12.2. The number of phenols is 1. The number of carbonyl (C=O) groups excluding carboxylic acids is 1. The van der Waals surface area contributed by atoms with Crippen LogP contribution in [0.2, 0.25) is 0 Å². The van der Waals surface area contributed by atoms with Crippen LogP contribution in [0.3, 0.4) is 0 Å². The van der Waals surface area contributed by atoms with E-state index >= 15 is 0 Å². The minimum absolute atomic E-state index is 0.0529. The third-order valence-corrected chi connectivity index (χ3v) is 2.99. The number of fused-ring (bicyclic) bond motifs is 1. The number of nitrogens with one attached hydrogen (secondary N) is 2. The molecule has 1 amide bonds. The Bertz CT molecular complexity index is 746. The van der Waals surface area contributed by atoms with Crippen molar-refractivity contribution in [3.8, 4) is 5.75 Å². The van der Waals surface area contributed by atoms with Gasteiger partial charge in [0.1, 0.15) is 5.75 Å². The van der Waals surface area contributed by atoms with Gasteiger partial charge in [-0.1, -0.05) is 18.2 Å². The van der Waals surface area contributed by atoms with Crippen molar-refractivity contribution in [2.75, 3.05) is 5.32 Å². The molecule has 3 rings (SSSR count). The molecule has 0 aliphatic carbocycles. The zero-order valence-corrected chi connectivity index (χ0v) is 10.1. The van der Waals surface area contributed by atoms with Crippen molar-refractivity contribution in [1.29, 1.82) is 0 Å². The van der Waals surface area contributed by atoms with E-state index in [-0.39, 0.29) is 11.7 Å². The van der Waals surface area contributed by atoms with Crippen LogP contribution in [0.5, 0.6) is 5.75 Å². The van der Waals surface area contributed by atoms with Gasteiger partial charge < -0.3 is 15.4 Å². The number of amides is 1. The zero-order chi connectivity index (χ0) is 13.2. The third kappa shape index (κ3) is 2.04. The second kappa shape index (κ2) is 4.49. The number of rotatable bonds is 2. The molecule has 1 aromatic heterocycles. The molecule has 0 spiro atoms. The van der Waals surface area contributed by atoms with Crippen LogP contribution in [0, 0.1) is 0 Å². The molecule has 0 atom stereocenters. The molecule has 0 bridgehead atoms. The van der Waals surface area contributed by atoms with Crippen molar-refractivity contribution < 1.29 is 9.90 Å². The highest BCUT2D eigenvalue weighted by Gasteiger charge is 2.11. The van der Waals surface area contributed by atoms with Crippen molar-refractivity contribution in [3.05, 3.63) is 60.3 Å². The van der Waals surface area contributed by atoms with E-state index in [9.17, 15) is 9.90 Å². The first-order chi connectivity index (χ1) is 9.25. The number of hydrogen-bond donors (Lipinski definition) is 3. The Morgan fingerprint density at radius 2 is 1.89 bits per heavy atom. The number of hydrogen-bond acceptors (Lipinski definition) is 2. The van der Waals surface area contributed by atoms with Gasteiger partial charge in [-0.3, -0.25) is 4.79 Å². The maximum atomic E-state index is 12.2. The van der Waals surface area contributed by atoms with Crippen LogP contribution in [0.1, 0.15) is 10.4 Å². The Labute approximate surface area is 109 Å². The molecule has 0 unspecified atom stereocenters. The average Bonchev–Trinajstić information content (AvgIpc) is 2.89. The second-order valence-electron chi connectivity index (χ2n) is 4.22. The van der Waals surface area contributed by atoms with Gasteiger partial charge in [0.05, 0.1) is 5.69 Å². The average molecular weight is 252 g/mol. The molecule has 2 aromatic carbocycles. The molecule has 0 saturated heterocycles. The molecule has 19 heavy (non-hydrogen) atoms. The van der Waals surface area contributed by atoms with E-state index in [4.69, 9.17) is 0 Å². The molecule has 0 fully saturated rings. The number of anilines is 1. The first-order valence-corrected chi connectivity index (χ1v) is 5.91. The van der Waals surface area contributed by atoms with Crippen LogP contribution >= 0.6 is 0 Å². The summed E-state index contributed by atoms with van der Waals surface area (Å²) in [6, 6.07) is 14.0. The number of aromatic amines is 1. The molecule has 4 heteroatoms. The van der Waals surface area contributed by atoms with Gasteiger partial charge in [-0.05, 0) is 30.3 Å². The first-order valence-electron chi connectivity index (χ1n) is 5.91. The quantitative estimate of drug-likeness (QED) is 0.613. The SMILES string of the molecule is O=C(Nc1ccccc1O)c1cccc2[nH]ccc12.